The van der Waals surface area contributed by atoms with Crippen molar-refractivity contribution in [1.82, 2.24) is 9.78 Å². The summed E-state index contributed by atoms with van der Waals surface area (Å²) < 4.78 is 1.58. The molecule has 4 heteroatoms. The number of anilines is 1. The molecular weight excluding hydrogens is 154 g/mol. The molecule has 0 aliphatic rings. The predicted molar refractivity (Wildman–Crippen MR) is 48.1 cm³/mol. The number of aryl methyl sites for hydroxylation is 1. The second-order valence-electron chi connectivity index (χ2n) is 2.72. The Morgan fingerprint density at radius 3 is 2.58 bits per heavy atom. The van der Waals surface area contributed by atoms with E-state index in [9.17, 15) is 0 Å². The molecule has 0 saturated carbocycles. The van der Waals surface area contributed by atoms with Crippen molar-refractivity contribution in [3.63, 3.8) is 0 Å². The average molecular weight is 169 g/mol. The topological polar surface area (TPSA) is 50.1 Å². The van der Waals surface area contributed by atoms with Gasteiger partial charge in [-0.2, -0.15) is 5.10 Å². The normalized spacial score (nSPS) is 10.3. The van der Waals surface area contributed by atoms with E-state index < -0.39 is 0 Å². The molecule has 0 aliphatic carbocycles. The fourth-order valence-corrected chi connectivity index (χ4v) is 1.27. The van der Waals surface area contributed by atoms with Gasteiger partial charge in [-0.1, -0.05) is 0 Å². The summed E-state index contributed by atoms with van der Waals surface area (Å²) in [6.07, 6.45) is 0. The Morgan fingerprint density at radius 2 is 2.17 bits per heavy atom. The second-order valence-corrected chi connectivity index (χ2v) is 2.72. The standard InChI is InChI=1S/C8H15N3O/c1-4-9-8-6(2)10-11(5-12)7(8)3/h9,12H,4-5H2,1-3H3. The number of aliphatic hydroxyl groups is 1. The van der Waals surface area contributed by atoms with Gasteiger partial charge in [0, 0.05) is 6.54 Å². The Morgan fingerprint density at radius 1 is 1.50 bits per heavy atom. The van der Waals surface area contributed by atoms with E-state index in [2.05, 4.69) is 10.4 Å². The minimum absolute atomic E-state index is 0.0575. The zero-order valence-electron chi connectivity index (χ0n) is 7.76. The molecule has 2 N–H and O–H groups in total. The summed E-state index contributed by atoms with van der Waals surface area (Å²) >= 11 is 0. The number of hydrogen-bond donors (Lipinski definition) is 2. The van der Waals surface area contributed by atoms with Crippen LogP contribution in [0.5, 0.6) is 0 Å². The van der Waals surface area contributed by atoms with Gasteiger partial charge >= 0.3 is 0 Å². The van der Waals surface area contributed by atoms with Crippen molar-refractivity contribution in [2.75, 3.05) is 11.9 Å². The van der Waals surface area contributed by atoms with Crippen LogP contribution in [0, 0.1) is 13.8 Å². The first-order valence-electron chi connectivity index (χ1n) is 4.09. The second kappa shape index (κ2) is 3.58. The summed E-state index contributed by atoms with van der Waals surface area (Å²) in [6.45, 7) is 6.72. The number of nitrogens with zero attached hydrogens (tertiary/aromatic N) is 2. The summed E-state index contributed by atoms with van der Waals surface area (Å²) in [7, 11) is 0. The summed E-state index contributed by atoms with van der Waals surface area (Å²) in [5, 5.41) is 16.3. The Kier molecular flexibility index (Phi) is 2.70. The van der Waals surface area contributed by atoms with Crippen molar-refractivity contribution in [1.29, 1.82) is 0 Å². The molecule has 0 spiro atoms. The van der Waals surface area contributed by atoms with Gasteiger partial charge in [0.15, 0.2) is 0 Å². The Bertz CT molecular complexity index is 268. The molecule has 12 heavy (non-hydrogen) atoms. The van der Waals surface area contributed by atoms with E-state index in [0.29, 0.717) is 0 Å². The van der Waals surface area contributed by atoms with Gasteiger partial charge in [-0.3, -0.25) is 0 Å². The minimum Gasteiger partial charge on any atom is -0.382 e. The van der Waals surface area contributed by atoms with E-state index in [4.69, 9.17) is 5.11 Å². The van der Waals surface area contributed by atoms with Crippen LogP contribution in [0.3, 0.4) is 0 Å². The van der Waals surface area contributed by atoms with Crippen LogP contribution >= 0.6 is 0 Å². The number of hydrogen-bond acceptors (Lipinski definition) is 3. The molecule has 0 bridgehead atoms. The first-order chi connectivity index (χ1) is 5.70. The van der Waals surface area contributed by atoms with Gasteiger partial charge in [0.1, 0.15) is 6.73 Å². The highest BCUT2D eigenvalue weighted by Crippen LogP contribution is 2.18. The van der Waals surface area contributed by atoms with E-state index in [0.717, 1.165) is 23.6 Å². The molecule has 0 amide bonds. The van der Waals surface area contributed by atoms with E-state index in [-0.39, 0.29) is 6.73 Å². The van der Waals surface area contributed by atoms with Gasteiger partial charge in [0.2, 0.25) is 0 Å². The first kappa shape index (κ1) is 9.06. The third-order valence-electron chi connectivity index (χ3n) is 1.87. The highest BCUT2D eigenvalue weighted by molar-refractivity contribution is 5.51. The maximum atomic E-state index is 8.90. The number of aliphatic hydroxyl groups excluding tert-OH is 1. The molecule has 1 aromatic rings. The molecular formula is C8H15N3O. The van der Waals surface area contributed by atoms with Crippen LogP contribution in [0.25, 0.3) is 0 Å². The summed E-state index contributed by atoms with van der Waals surface area (Å²) in [5.41, 5.74) is 2.95. The molecule has 0 aromatic carbocycles. The number of nitrogens with one attached hydrogen (secondary N) is 1. The molecule has 0 saturated heterocycles. The van der Waals surface area contributed by atoms with Crippen molar-refractivity contribution in [3.8, 4) is 0 Å². The van der Waals surface area contributed by atoms with E-state index in [1.807, 2.05) is 20.8 Å². The molecule has 4 nitrogen and oxygen atoms in total. The predicted octanol–water partition coefficient (Wildman–Crippen LogP) is 0.882. The first-order valence-corrected chi connectivity index (χ1v) is 4.09. The monoisotopic (exact) mass is 169 g/mol. The Balaban J connectivity index is 3.01. The Hall–Kier alpha value is -1.03. The van der Waals surface area contributed by atoms with Gasteiger partial charge < -0.3 is 10.4 Å². The van der Waals surface area contributed by atoms with Gasteiger partial charge in [-0.15, -0.1) is 0 Å². The van der Waals surface area contributed by atoms with Crippen molar-refractivity contribution < 1.29 is 5.11 Å². The van der Waals surface area contributed by atoms with E-state index in [1.165, 1.54) is 0 Å². The van der Waals surface area contributed by atoms with Crippen molar-refractivity contribution >= 4 is 5.69 Å². The molecule has 0 fully saturated rings. The van der Waals surface area contributed by atoms with Crippen LogP contribution in [0.4, 0.5) is 5.69 Å². The smallest absolute Gasteiger partial charge is 0.136 e. The maximum absolute atomic E-state index is 8.90. The zero-order valence-corrected chi connectivity index (χ0v) is 7.76. The lowest BCUT2D eigenvalue weighted by atomic mass is 10.3. The van der Waals surface area contributed by atoms with Gasteiger partial charge in [0.05, 0.1) is 17.1 Å². The molecule has 1 aromatic heterocycles. The van der Waals surface area contributed by atoms with E-state index in [1.54, 1.807) is 4.68 Å². The lowest BCUT2D eigenvalue weighted by Crippen LogP contribution is -2.02. The van der Waals surface area contributed by atoms with Crippen molar-refractivity contribution in [3.05, 3.63) is 11.4 Å². The van der Waals surface area contributed by atoms with Gasteiger partial charge in [0.25, 0.3) is 0 Å². The summed E-state index contributed by atoms with van der Waals surface area (Å²) in [5.74, 6) is 0. The maximum Gasteiger partial charge on any atom is 0.136 e. The van der Waals surface area contributed by atoms with Gasteiger partial charge in [-0.25, -0.2) is 4.68 Å². The van der Waals surface area contributed by atoms with Crippen LogP contribution < -0.4 is 5.32 Å². The van der Waals surface area contributed by atoms with Crippen LogP contribution in [-0.2, 0) is 6.73 Å². The molecule has 68 valence electrons. The molecule has 1 rings (SSSR count). The zero-order chi connectivity index (χ0) is 9.14. The molecule has 0 unspecified atom stereocenters. The van der Waals surface area contributed by atoms with E-state index >= 15 is 0 Å². The van der Waals surface area contributed by atoms with Crippen molar-refractivity contribution in [2.45, 2.75) is 27.5 Å². The summed E-state index contributed by atoms with van der Waals surface area (Å²) in [4.78, 5) is 0. The lowest BCUT2D eigenvalue weighted by molar-refractivity contribution is 0.192. The van der Waals surface area contributed by atoms with Gasteiger partial charge in [-0.05, 0) is 20.8 Å². The number of aromatic nitrogens is 2. The molecule has 0 atom stereocenters. The molecule has 0 radical (unpaired) electrons. The highest BCUT2D eigenvalue weighted by atomic mass is 16.3. The van der Waals surface area contributed by atoms with Crippen LogP contribution in [0.1, 0.15) is 18.3 Å². The number of rotatable bonds is 3. The minimum atomic E-state index is -0.0575. The largest absolute Gasteiger partial charge is 0.382 e. The fourth-order valence-electron chi connectivity index (χ4n) is 1.27. The average Bonchev–Trinajstić information content (AvgIpc) is 2.32. The van der Waals surface area contributed by atoms with Crippen LogP contribution in [-0.4, -0.2) is 21.4 Å². The molecule has 0 aliphatic heterocycles. The van der Waals surface area contributed by atoms with Crippen LogP contribution in [0.2, 0.25) is 0 Å². The quantitative estimate of drug-likeness (QED) is 0.706. The summed E-state index contributed by atoms with van der Waals surface area (Å²) in [6, 6.07) is 0. The fraction of sp³-hybridized carbons (Fsp3) is 0.625. The van der Waals surface area contributed by atoms with Crippen molar-refractivity contribution in [2.24, 2.45) is 0 Å². The SMILES string of the molecule is CCNc1c(C)nn(CO)c1C. The lowest BCUT2D eigenvalue weighted by Gasteiger charge is -2.02. The highest BCUT2D eigenvalue weighted by Gasteiger charge is 2.08. The third kappa shape index (κ3) is 1.43. The van der Waals surface area contributed by atoms with Crippen LogP contribution in [0.15, 0.2) is 0 Å². The third-order valence-corrected chi connectivity index (χ3v) is 1.87. The Labute approximate surface area is 72.2 Å². The molecule has 1 heterocycles.